The predicted octanol–water partition coefficient (Wildman–Crippen LogP) is 5.45. The fourth-order valence-corrected chi connectivity index (χ4v) is 2.67. The molecule has 28 heavy (non-hydrogen) atoms. The van der Waals surface area contributed by atoms with Crippen LogP contribution in [0.5, 0.6) is 11.5 Å². The molecule has 4 nitrogen and oxygen atoms in total. The summed E-state index contributed by atoms with van der Waals surface area (Å²) >= 11 is 0. The Morgan fingerprint density at radius 2 is 1.82 bits per heavy atom. The van der Waals surface area contributed by atoms with E-state index in [1.165, 1.54) is 24.0 Å². The van der Waals surface area contributed by atoms with Gasteiger partial charge in [-0.15, -0.1) is 0 Å². The van der Waals surface area contributed by atoms with Crippen LogP contribution < -0.4 is 9.64 Å². The fraction of sp³-hybridized carbons (Fsp3) is 0.143. The molecule has 3 rings (SSSR count). The van der Waals surface area contributed by atoms with E-state index in [9.17, 15) is 18.0 Å². The maximum absolute atomic E-state index is 13.6. The van der Waals surface area contributed by atoms with Crippen molar-refractivity contribution in [3.63, 3.8) is 0 Å². The number of nitrogens with zero attached hydrogens (tertiary/aromatic N) is 2. The lowest BCUT2D eigenvalue weighted by atomic mass is 10.1. The molecule has 0 saturated carbocycles. The van der Waals surface area contributed by atoms with Crippen LogP contribution in [-0.4, -0.2) is 10.9 Å². The highest BCUT2D eigenvalue weighted by atomic mass is 19.4. The molecule has 144 valence electrons. The predicted molar refractivity (Wildman–Crippen MR) is 99.1 cm³/mol. The molecule has 7 heteroatoms. The third kappa shape index (κ3) is 4.68. The van der Waals surface area contributed by atoms with Gasteiger partial charge in [0.15, 0.2) is 0 Å². The Labute approximate surface area is 160 Å². The summed E-state index contributed by atoms with van der Waals surface area (Å²) in [6.45, 7) is 1.41. The zero-order valence-electron chi connectivity index (χ0n) is 15.0. The molecule has 3 aromatic rings. The van der Waals surface area contributed by atoms with Gasteiger partial charge in [-0.05, 0) is 42.0 Å². The molecule has 0 aliphatic carbocycles. The highest BCUT2D eigenvalue weighted by Gasteiger charge is 2.35. The van der Waals surface area contributed by atoms with Crippen LogP contribution in [0.15, 0.2) is 73.1 Å². The van der Waals surface area contributed by atoms with Crippen LogP contribution in [0.3, 0.4) is 0 Å². The third-order valence-electron chi connectivity index (χ3n) is 3.99. The number of amides is 1. The van der Waals surface area contributed by atoms with Crippen molar-refractivity contribution in [3.8, 4) is 11.5 Å². The summed E-state index contributed by atoms with van der Waals surface area (Å²) < 4.78 is 46.3. The van der Waals surface area contributed by atoms with Crippen LogP contribution in [0.2, 0.25) is 0 Å². The normalized spacial score (nSPS) is 11.1. The Morgan fingerprint density at radius 1 is 1.07 bits per heavy atom. The molecule has 0 aliphatic rings. The minimum absolute atomic E-state index is 0.110. The smallest absolute Gasteiger partial charge is 0.420 e. The topological polar surface area (TPSA) is 42.4 Å². The minimum Gasteiger partial charge on any atom is -0.457 e. The Bertz CT molecular complexity index is 945. The number of hydrogen-bond donors (Lipinski definition) is 0. The second-order valence-electron chi connectivity index (χ2n) is 6.06. The van der Waals surface area contributed by atoms with Crippen LogP contribution in [0.4, 0.5) is 18.9 Å². The van der Waals surface area contributed by atoms with Gasteiger partial charge in [0.2, 0.25) is 5.91 Å². The van der Waals surface area contributed by atoms with E-state index in [0.717, 1.165) is 6.07 Å². The van der Waals surface area contributed by atoms with Gasteiger partial charge in [-0.25, -0.2) is 0 Å². The molecule has 0 atom stereocenters. The number of anilines is 1. The highest BCUT2D eigenvalue weighted by Crippen LogP contribution is 2.40. The summed E-state index contributed by atoms with van der Waals surface area (Å²) in [6, 6.07) is 15.3. The first-order chi connectivity index (χ1) is 13.3. The summed E-state index contributed by atoms with van der Waals surface area (Å²) in [6.07, 6.45) is -1.50. The lowest BCUT2D eigenvalue weighted by Crippen LogP contribution is -2.28. The van der Waals surface area contributed by atoms with E-state index in [4.69, 9.17) is 4.74 Å². The SMILES string of the molecule is CC(=O)N(Cc1cccnc1)c1ccc(Oc2ccccc2)c(C(F)(F)F)c1. The van der Waals surface area contributed by atoms with E-state index in [2.05, 4.69) is 4.98 Å². The number of halogens is 3. The number of benzene rings is 2. The summed E-state index contributed by atoms with van der Waals surface area (Å²) in [5, 5.41) is 0. The zero-order chi connectivity index (χ0) is 20.1. The molecule has 0 bridgehead atoms. The molecular formula is C21H17F3N2O2. The quantitative estimate of drug-likeness (QED) is 0.586. The number of pyridine rings is 1. The number of hydrogen-bond acceptors (Lipinski definition) is 3. The number of alkyl halides is 3. The van der Waals surface area contributed by atoms with Crippen molar-refractivity contribution in [3.05, 3.63) is 84.2 Å². The van der Waals surface area contributed by atoms with Crippen molar-refractivity contribution >= 4 is 11.6 Å². The lowest BCUT2D eigenvalue weighted by Gasteiger charge is -2.23. The molecule has 0 saturated heterocycles. The largest absolute Gasteiger partial charge is 0.457 e. The number of ether oxygens (including phenoxy) is 1. The summed E-state index contributed by atoms with van der Waals surface area (Å²) in [4.78, 5) is 17.3. The van der Waals surface area contributed by atoms with E-state index in [-0.39, 0.29) is 23.9 Å². The van der Waals surface area contributed by atoms with Gasteiger partial charge in [-0.1, -0.05) is 24.3 Å². The molecule has 1 heterocycles. The average molecular weight is 386 g/mol. The van der Waals surface area contributed by atoms with Gasteiger partial charge in [-0.2, -0.15) is 13.2 Å². The van der Waals surface area contributed by atoms with Gasteiger partial charge in [0.25, 0.3) is 0 Å². The Balaban J connectivity index is 1.98. The number of carbonyl (C=O) groups is 1. The van der Waals surface area contributed by atoms with Gasteiger partial charge in [0.05, 0.1) is 6.54 Å². The maximum Gasteiger partial charge on any atom is 0.420 e. The van der Waals surface area contributed by atoms with Gasteiger partial charge in [-0.3, -0.25) is 9.78 Å². The maximum atomic E-state index is 13.6. The number of carbonyl (C=O) groups excluding carboxylic acids is 1. The van der Waals surface area contributed by atoms with Crippen LogP contribution in [0, 0.1) is 0 Å². The summed E-state index contributed by atoms with van der Waals surface area (Å²) in [5.74, 6) is -0.416. The monoisotopic (exact) mass is 386 g/mol. The lowest BCUT2D eigenvalue weighted by molar-refractivity contribution is -0.138. The molecule has 0 aliphatic heterocycles. The second-order valence-corrected chi connectivity index (χ2v) is 6.06. The highest BCUT2D eigenvalue weighted by molar-refractivity contribution is 5.91. The van der Waals surface area contributed by atoms with Crippen molar-refractivity contribution in [1.29, 1.82) is 0 Å². The van der Waals surface area contributed by atoms with E-state index in [1.54, 1.807) is 54.9 Å². The Kier molecular flexibility index (Phi) is 5.63. The third-order valence-corrected chi connectivity index (χ3v) is 3.99. The molecular weight excluding hydrogens is 369 g/mol. The van der Waals surface area contributed by atoms with Crippen LogP contribution in [0.25, 0.3) is 0 Å². The van der Waals surface area contributed by atoms with Crippen LogP contribution in [0.1, 0.15) is 18.1 Å². The van der Waals surface area contributed by atoms with Crippen LogP contribution in [-0.2, 0) is 17.5 Å². The molecule has 1 aromatic heterocycles. The van der Waals surface area contributed by atoms with E-state index in [1.807, 2.05) is 0 Å². The van der Waals surface area contributed by atoms with Crippen molar-refractivity contribution in [2.75, 3.05) is 4.90 Å². The Morgan fingerprint density at radius 3 is 2.43 bits per heavy atom. The minimum atomic E-state index is -4.64. The summed E-state index contributed by atoms with van der Waals surface area (Å²) in [7, 11) is 0. The molecule has 0 fully saturated rings. The average Bonchev–Trinajstić information content (AvgIpc) is 2.67. The zero-order valence-corrected chi connectivity index (χ0v) is 15.0. The van der Waals surface area contributed by atoms with Gasteiger partial charge in [0.1, 0.15) is 17.1 Å². The molecule has 0 spiro atoms. The van der Waals surface area contributed by atoms with Crippen molar-refractivity contribution in [1.82, 2.24) is 4.98 Å². The molecule has 2 aromatic carbocycles. The van der Waals surface area contributed by atoms with Crippen molar-refractivity contribution in [2.45, 2.75) is 19.6 Å². The molecule has 0 unspecified atom stereocenters. The number of aromatic nitrogens is 1. The van der Waals surface area contributed by atoms with E-state index in [0.29, 0.717) is 11.3 Å². The molecule has 0 radical (unpaired) electrons. The van der Waals surface area contributed by atoms with Crippen molar-refractivity contribution < 1.29 is 22.7 Å². The standard InChI is InChI=1S/C21H17F3N2O2/c1-15(27)26(14-16-6-5-11-25-13-16)17-9-10-20(19(12-17)21(22,23)24)28-18-7-3-2-4-8-18/h2-13H,14H2,1H3. The van der Waals surface area contributed by atoms with Crippen LogP contribution >= 0.6 is 0 Å². The fourth-order valence-electron chi connectivity index (χ4n) is 2.67. The van der Waals surface area contributed by atoms with Gasteiger partial charge < -0.3 is 9.64 Å². The number of para-hydroxylation sites is 1. The number of rotatable bonds is 5. The van der Waals surface area contributed by atoms with E-state index >= 15 is 0 Å². The Hall–Kier alpha value is -3.35. The van der Waals surface area contributed by atoms with Gasteiger partial charge >= 0.3 is 6.18 Å². The first kappa shape index (κ1) is 19.4. The summed E-state index contributed by atoms with van der Waals surface area (Å²) in [5.41, 5.74) is -0.119. The molecule has 0 N–H and O–H groups in total. The van der Waals surface area contributed by atoms with E-state index < -0.39 is 11.7 Å². The second kappa shape index (κ2) is 8.12. The first-order valence-electron chi connectivity index (χ1n) is 8.46. The van der Waals surface area contributed by atoms with Crippen molar-refractivity contribution in [2.24, 2.45) is 0 Å². The van der Waals surface area contributed by atoms with Gasteiger partial charge in [0, 0.05) is 25.0 Å². The molecule has 1 amide bonds. The first-order valence-corrected chi connectivity index (χ1v) is 8.46.